The molecule has 0 spiro atoms. The monoisotopic (exact) mass is 1720 g/mol. The molecule has 10 unspecified atom stereocenters. The average Bonchev–Trinajstić information content (AvgIpc) is 1.55. The van der Waals surface area contributed by atoms with Crippen LogP contribution in [0.5, 0.6) is 161 Å². The summed E-state index contributed by atoms with van der Waals surface area (Å²) in [6, 6.07) is 3.67. The molecule has 0 amide bonds. The van der Waals surface area contributed by atoms with E-state index in [1.807, 2.05) is 0 Å². The standard InChI is InChI=1S/C75H52O48/c76-23-2-1-15(41(85)43(23)87)68(105)123-75-64(62(119-65(102)14-3-24(77)42(86)25(78)4-14)60-34(116-75)13-113-66(103)16-5-26(79)44(88)51(95)35(16)36-17(70(107)118-60)6-27(80)45(89)52(36)96)122-73(110)22-10-31(84)49(93)57(101)58(22)114-32-11-21-40(56(100)50(32)94)39-18(7-28(81)48(92)55(39)99)69(106)117-59-33(12-112-67(21)104)115-74(111)63-61(59)120-71(108)19-8-29(82)46(90)53(97)37(19)38-20(72(109)121-63)9-30(83)47(91)54(38)98/h1-11,33-34,59-64,74-101,111H,12-13H2. The fourth-order valence-electron chi connectivity index (χ4n) is 13.6. The van der Waals surface area contributed by atoms with Crippen molar-refractivity contribution in [2.75, 3.05) is 13.2 Å². The number of carbonyl (C=O) groups is 9. The molecule has 5 aliphatic rings. The molecule has 640 valence electrons. The Labute approximate surface area is 675 Å². The fraction of sp³-hybridized carbons (Fsp3) is 0.160. The van der Waals surface area contributed by atoms with E-state index in [1.54, 1.807) is 0 Å². The summed E-state index contributed by atoms with van der Waals surface area (Å²) in [5, 5.41) is 298. The van der Waals surface area contributed by atoms with E-state index in [9.17, 15) is 162 Å². The second-order valence-corrected chi connectivity index (χ2v) is 26.8. The van der Waals surface area contributed by atoms with Gasteiger partial charge in [0.05, 0.1) is 38.9 Å². The van der Waals surface area contributed by atoms with Crippen molar-refractivity contribution in [3.63, 3.8) is 0 Å². The summed E-state index contributed by atoms with van der Waals surface area (Å²) in [6.07, 6.45) is -27.3. The lowest BCUT2D eigenvalue weighted by molar-refractivity contribution is -0.284. The molecule has 5 heterocycles. The lowest BCUT2D eigenvalue weighted by atomic mass is 9.91. The molecule has 9 aromatic rings. The summed E-state index contributed by atoms with van der Waals surface area (Å²) in [5.74, 6) is -60.7. The third-order valence-electron chi connectivity index (χ3n) is 19.5. The van der Waals surface area contributed by atoms with Gasteiger partial charge in [-0.3, -0.25) is 0 Å². The number of fused-ring (bicyclic) bond motifs is 13. The first-order chi connectivity index (χ1) is 57.9. The Bertz CT molecular complexity index is 6160. The third-order valence-corrected chi connectivity index (χ3v) is 19.5. The van der Waals surface area contributed by atoms with E-state index in [-0.39, 0.29) is 24.3 Å². The molecule has 0 bridgehead atoms. The highest BCUT2D eigenvalue weighted by molar-refractivity contribution is 6.12. The largest absolute Gasteiger partial charge is 0.504 e. The molecule has 10 atom stereocenters. The number of cyclic esters (lactones) is 2. The molecule has 9 aromatic carbocycles. The van der Waals surface area contributed by atoms with Crippen LogP contribution >= 0.6 is 0 Å². The second kappa shape index (κ2) is 30.0. The van der Waals surface area contributed by atoms with Crippen molar-refractivity contribution < 1.29 is 238 Å². The van der Waals surface area contributed by atoms with Crippen LogP contribution in [-0.2, 0) is 52.1 Å². The molecule has 123 heavy (non-hydrogen) atoms. The number of hydrogen-bond acceptors (Lipinski definition) is 48. The molecule has 48 heteroatoms. The van der Waals surface area contributed by atoms with Gasteiger partial charge in [0, 0.05) is 45.5 Å². The third kappa shape index (κ3) is 13.5. The summed E-state index contributed by atoms with van der Waals surface area (Å²) in [5.41, 5.74) is -19.1. The number of phenolic OH excluding ortho intramolecular Hbond substituents is 26. The van der Waals surface area contributed by atoms with Gasteiger partial charge in [-0.1, -0.05) is 0 Å². The van der Waals surface area contributed by atoms with E-state index >= 15 is 19.2 Å². The van der Waals surface area contributed by atoms with Crippen molar-refractivity contribution in [1.82, 2.24) is 0 Å². The summed E-state index contributed by atoms with van der Waals surface area (Å²) >= 11 is 0. The van der Waals surface area contributed by atoms with E-state index in [2.05, 4.69) is 0 Å². The number of carbonyl (C=O) groups excluding carboxylic acids is 9. The quantitative estimate of drug-likeness (QED) is 0.0591. The van der Waals surface area contributed by atoms with Crippen LogP contribution in [0, 0.1) is 0 Å². The average molecular weight is 1720 g/mol. The van der Waals surface area contributed by atoms with Crippen LogP contribution in [0.1, 0.15) is 93.2 Å². The highest BCUT2D eigenvalue weighted by Crippen LogP contribution is 2.59. The number of aromatic hydroxyl groups is 26. The van der Waals surface area contributed by atoms with Gasteiger partial charge in [-0.25, -0.2) is 43.2 Å². The SMILES string of the molecule is O=C(OC1C2OC(=O)c3cc(O)c(O)c(O)c3-c3c(cc(O)c(O)c3O)C(=O)OCC2OC(OC(=O)c2ccc(O)c(O)c2O)C1OC(=O)c1cc(O)c(O)c(O)c1Oc1cc2c(c(O)c1O)-c1c(cc(O)c(O)c1O)C(=O)OC1C(COC2=O)OC(O)C2OC(=O)c3cc(O)c(O)c(O)c3-c3c(cc(O)c(O)c3O)C(=O)OC21)c1cc(O)c(O)c(O)c1. The van der Waals surface area contributed by atoms with E-state index in [1.165, 1.54) is 0 Å². The lowest BCUT2D eigenvalue weighted by Crippen LogP contribution is -2.63. The summed E-state index contributed by atoms with van der Waals surface area (Å²) in [4.78, 5) is 133. The number of phenols is 26. The van der Waals surface area contributed by atoms with Crippen molar-refractivity contribution in [3.05, 3.63) is 117 Å². The van der Waals surface area contributed by atoms with Crippen molar-refractivity contribution in [1.29, 1.82) is 0 Å². The minimum atomic E-state index is -3.11. The number of benzene rings is 9. The fourth-order valence-corrected chi connectivity index (χ4v) is 13.6. The number of esters is 9. The van der Waals surface area contributed by atoms with Crippen LogP contribution in [0.15, 0.2) is 66.7 Å². The van der Waals surface area contributed by atoms with Gasteiger partial charge >= 0.3 is 53.7 Å². The van der Waals surface area contributed by atoms with Gasteiger partial charge in [-0.05, 0) is 54.6 Å². The van der Waals surface area contributed by atoms with Crippen molar-refractivity contribution in [3.8, 4) is 194 Å². The van der Waals surface area contributed by atoms with Gasteiger partial charge in [-0.2, -0.15) is 0 Å². The smallest absolute Gasteiger partial charge is 0.344 e. The first kappa shape index (κ1) is 82.2. The molecule has 0 radical (unpaired) electrons. The first-order valence-electron chi connectivity index (χ1n) is 34.2. The molecule has 0 aromatic heterocycles. The number of ether oxygens (including phenoxy) is 12. The summed E-state index contributed by atoms with van der Waals surface area (Å²) in [7, 11) is 0. The minimum absolute atomic E-state index is 0.0841. The Hall–Kier alpha value is -17.3. The van der Waals surface area contributed by atoms with Crippen LogP contribution in [0.4, 0.5) is 0 Å². The summed E-state index contributed by atoms with van der Waals surface area (Å²) in [6.45, 7) is -3.04. The Morgan fingerprint density at radius 3 is 1.08 bits per heavy atom. The van der Waals surface area contributed by atoms with E-state index in [0.717, 1.165) is 0 Å². The Balaban J connectivity index is 0.891. The zero-order valence-electron chi connectivity index (χ0n) is 60.2. The lowest BCUT2D eigenvalue weighted by Gasteiger charge is -2.43. The Morgan fingerprint density at radius 1 is 0.293 bits per heavy atom. The van der Waals surface area contributed by atoms with Gasteiger partial charge in [-0.15, -0.1) is 0 Å². The maximum atomic E-state index is 15.5. The molecule has 14 rings (SSSR count). The Morgan fingerprint density at radius 2 is 0.634 bits per heavy atom. The van der Waals surface area contributed by atoms with E-state index in [0.29, 0.717) is 42.5 Å². The molecule has 5 aliphatic heterocycles. The van der Waals surface area contributed by atoms with Gasteiger partial charge in [0.2, 0.25) is 64.1 Å². The van der Waals surface area contributed by atoms with Gasteiger partial charge in [0.15, 0.2) is 146 Å². The van der Waals surface area contributed by atoms with Crippen molar-refractivity contribution in [2.45, 2.75) is 61.4 Å². The van der Waals surface area contributed by atoms with Crippen LogP contribution in [0.3, 0.4) is 0 Å². The van der Waals surface area contributed by atoms with Crippen LogP contribution in [-0.4, -0.2) is 266 Å². The number of aliphatic hydroxyl groups is 1. The van der Waals surface area contributed by atoms with Crippen molar-refractivity contribution >= 4 is 53.7 Å². The second-order valence-electron chi connectivity index (χ2n) is 26.8. The minimum Gasteiger partial charge on any atom is -0.504 e. The molecule has 2 fully saturated rings. The molecule has 0 saturated carbocycles. The highest BCUT2D eigenvalue weighted by atomic mass is 16.8. The molecular weight excluding hydrogens is 1670 g/mol. The number of rotatable bonds is 8. The maximum Gasteiger partial charge on any atom is 0.344 e. The van der Waals surface area contributed by atoms with Crippen LogP contribution < -0.4 is 4.74 Å². The molecule has 0 aliphatic carbocycles. The Kier molecular flexibility index (Phi) is 20.1. The van der Waals surface area contributed by atoms with Gasteiger partial charge in [0.25, 0.3) is 0 Å². The summed E-state index contributed by atoms with van der Waals surface area (Å²) < 4.78 is 67.8. The van der Waals surface area contributed by atoms with E-state index in [4.69, 9.17) is 56.8 Å². The number of aliphatic hydroxyl groups excluding tert-OH is 1. The number of hydrogen-bond donors (Lipinski definition) is 27. The van der Waals surface area contributed by atoms with Gasteiger partial charge < -0.3 is 195 Å². The van der Waals surface area contributed by atoms with E-state index < -0.39 is 373 Å². The zero-order valence-corrected chi connectivity index (χ0v) is 60.2. The molecule has 27 N–H and O–H groups in total. The van der Waals surface area contributed by atoms with Crippen molar-refractivity contribution in [2.24, 2.45) is 0 Å². The topological polar surface area (TPSA) is 811 Å². The van der Waals surface area contributed by atoms with Crippen LogP contribution in [0.25, 0.3) is 33.4 Å². The first-order valence-corrected chi connectivity index (χ1v) is 34.2. The normalized spacial score (nSPS) is 20.4. The van der Waals surface area contributed by atoms with Gasteiger partial charge in [0.1, 0.15) is 36.5 Å². The zero-order chi connectivity index (χ0) is 89.5. The molecular formula is C75H52O48. The predicted molar refractivity (Wildman–Crippen MR) is 379 cm³/mol. The maximum absolute atomic E-state index is 15.5. The molecule has 2 saturated heterocycles. The highest BCUT2D eigenvalue weighted by Gasteiger charge is 2.58. The predicted octanol–water partition coefficient (Wildman–Crippen LogP) is 2.73. The van der Waals surface area contributed by atoms with Crippen LogP contribution in [0.2, 0.25) is 0 Å². The molecule has 48 nitrogen and oxygen atoms in total.